The standard InChI is InChI=1S/C26H31F2N7O3/c1-29-18-13-30-24-19(14-31-35(24)15-18)25(36)32-20-10-17-12-26(2-8-37-9-3-26)38-22(17)11-21(20)34-6-4-33(5-7-34)16-23(27)28/h10-11,13-15,23,29H,2-9,12,16H2,1H3,(H,32,36). The Labute approximate surface area is 218 Å². The minimum absolute atomic E-state index is 0.230. The molecule has 0 atom stereocenters. The van der Waals surface area contributed by atoms with Crippen molar-refractivity contribution < 1.29 is 23.0 Å². The maximum atomic E-state index is 13.5. The molecule has 6 rings (SSSR count). The van der Waals surface area contributed by atoms with Crippen molar-refractivity contribution in [2.75, 3.05) is 68.5 Å². The summed E-state index contributed by atoms with van der Waals surface area (Å²) in [5.74, 6) is 0.495. The van der Waals surface area contributed by atoms with Crippen molar-refractivity contribution in [2.24, 2.45) is 0 Å². The molecule has 0 unspecified atom stereocenters. The summed E-state index contributed by atoms with van der Waals surface area (Å²) in [5, 5.41) is 10.4. The monoisotopic (exact) mass is 527 g/mol. The maximum Gasteiger partial charge on any atom is 0.261 e. The Hall–Kier alpha value is -3.51. The smallest absolute Gasteiger partial charge is 0.261 e. The second kappa shape index (κ2) is 9.99. The Morgan fingerprint density at radius 1 is 1.16 bits per heavy atom. The summed E-state index contributed by atoms with van der Waals surface area (Å²) in [7, 11) is 1.79. The number of benzene rings is 1. The van der Waals surface area contributed by atoms with Gasteiger partial charge in [-0.1, -0.05) is 0 Å². The second-order valence-corrected chi connectivity index (χ2v) is 10.1. The van der Waals surface area contributed by atoms with Crippen LogP contribution in [0.5, 0.6) is 5.75 Å². The third-order valence-corrected chi connectivity index (χ3v) is 7.67. The molecule has 10 nitrogen and oxygen atoms in total. The number of nitrogens with zero attached hydrogens (tertiary/aromatic N) is 5. The predicted octanol–water partition coefficient (Wildman–Crippen LogP) is 2.89. The largest absolute Gasteiger partial charge is 0.486 e. The van der Waals surface area contributed by atoms with Crippen LogP contribution >= 0.6 is 0 Å². The van der Waals surface area contributed by atoms with E-state index in [0.29, 0.717) is 56.3 Å². The van der Waals surface area contributed by atoms with E-state index in [-0.39, 0.29) is 18.1 Å². The third-order valence-electron chi connectivity index (χ3n) is 7.67. The fourth-order valence-corrected chi connectivity index (χ4v) is 5.57. The number of fused-ring (bicyclic) bond motifs is 2. The number of rotatable bonds is 6. The molecule has 5 heterocycles. The minimum Gasteiger partial charge on any atom is -0.486 e. The number of piperazine rings is 1. The van der Waals surface area contributed by atoms with E-state index in [4.69, 9.17) is 9.47 Å². The minimum atomic E-state index is -2.36. The van der Waals surface area contributed by atoms with E-state index < -0.39 is 6.43 Å². The average Bonchev–Trinajstić information content (AvgIpc) is 3.49. The molecule has 0 radical (unpaired) electrons. The van der Waals surface area contributed by atoms with Gasteiger partial charge in [-0.2, -0.15) is 5.10 Å². The number of carbonyl (C=O) groups excluding carboxylic acids is 1. The molecule has 0 saturated carbocycles. The second-order valence-electron chi connectivity index (χ2n) is 10.1. The van der Waals surface area contributed by atoms with Crippen LogP contribution in [0.25, 0.3) is 5.65 Å². The highest BCUT2D eigenvalue weighted by Gasteiger charge is 2.41. The number of aromatic nitrogens is 3. The molecule has 1 amide bonds. The van der Waals surface area contributed by atoms with Gasteiger partial charge in [0.1, 0.15) is 16.9 Å². The van der Waals surface area contributed by atoms with Crippen molar-refractivity contribution in [1.82, 2.24) is 19.5 Å². The van der Waals surface area contributed by atoms with Crippen LogP contribution in [0, 0.1) is 0 Å². The maximum absolute atomic E-state index is 13.5. The number of ether oxygens (including phenoxy) is 2. The summed E-state index contributed by atoms with van der Waals surface area (Å²) in [6.07, 6.45) is 4.95. The van der Waals surface area contributed by atoms with Crippen LogP contribution in [0.15, 0.2) is 30.7 Å². The first-order chi connectivity index (χ1) is 18.4. The molecule has 1 spiro atoms. The Morgan fingerprint density at radius 3 is 2.68 bits per heavy atom. The van der Waals surface area contributed by atoms with Gasteiger partial charge in [-0.15, -0.1) is 0 Å². The summed E-state index contributed by atoms with van der Waals surface area (Å²) in [6.45, 7) is 3.26. The summed E-state index contributed by atoms with van der Waals surface area (Å²) in [4.78, 5) is 21.8. The highest BCUT2D eigenvalue weighted by molar-refractivity contribution is 6.09. The van der Waals surface area contributed by atoms with E-state index in [0.717, 1.165) is 42.0 Å². The topological polar surface area (TPSA) is 96.3 Å². The van der Waals surface area contributed by atoms with E-state index in [1.54, 1.807) is 28.9 Å². The zero-order chi connectivity index (χ0) is 26.3. The summed E-state index contributed by atoms with van der Waals surface area (Å²) >= 11 is 0. The number of halogens is 2. The van der Waals surface area contributed by atoms with Crippen molar-refractivity contribution in [3.05, 3.63) is 41.9 Å². The number of nitrogens with one attached hydrogen (secondary N) is 2. The number of hydrogen-bond donors (Lipinski definition) is 2. The summed E-state index contributed by atoms with van der Waals surface area (Å²) in [6, 6.07) is 3.99. The molecule has 38 heavy (non-hydrogen) atoms. The molecule has 202 valence electrons. The Bertz CT molecular complexity index is 1330. The lowest BCUT2D eigenvalue weighted by Gasteiger charge is -2.37. The first-order valence-electron chi connectivity index (χ1n) is 12.9. The van der Waals surface area contributed by atoms with Crippen LogP contribution < -0.4 is 20.3 Å². The molecular weight excluding hydrogens is 496 g/mol. The van der Waals surface area contributed by atoms with Gasteiger partial charge in [0.05, 0.1) is 55.4 Å². The van der Waals surface area contributed by atoms with Gasteiger partial charge in [0, 0.05) is 64.1 Å². The lowest BCUT2D eigenvalue weighted by Crippen LogP contribution is -2.48. The van der Waals surface area contributed by atoms with Gasteiger partial charge in [-0.3, -0.25) is 9.69 Å². The summed E-state index contributed by atoms with van der Waals surface area (Å²) in [5.41, 5.74) is 3.83. The fourth-order valence-electron chi connectivity index (χ4n) is 5.57. The molecule has 2 saturated heterocycles. The molecule has 12 heteroatoms. The number of alkyl halides is 2. The average molecular weight is 528 g/mol. The van der Waals surface area contributed by atoms with E-state index in [1.807, 2.05) is 12.1 Å². The highest BCUT2D eigenvalue weighted by atomic mass is 19.3. The van der Waals surface area contributed by atoms with E-state index in [9.17, 15) is 13.6 Å². The summed E-state index contributed by atoms with van der Waals surface area (Å²) < 4.78 is 39.4. The van der Waals surface area contributed by atoms with Crippen molar-refractivity contribution in [3.8, 4) is 5.75 Å². The highest BCUT2D eigenvalue weighted by Crippen LogP contribution is 2.45. The van der Waals surface area contributed by atoms with Gasteiger partial charge in [0.15, 0.2) is 5.65 Å². The lowest BCUT2D eigenvalue weighted by molar-refractivity contribution is -0.0330. The molecule has 2 aromatic heterocycles. The van der Waals surface area contributed by atoms with Crippen molar-refractivity contribution >= 4 is 28.6 Å². The molecular formula is C26H31F2N7O3. The molecule has 1 aromatic carbocycles. The van der Waals surface area contributed by atoms with E-state index in [1.165, 1.54) is 6.20 Å². The van der Waals surface area contributed by atoms with Crippen LogP contribution in [0.2, 0.25) is 0 Å². The quantitative estimate of drug-likeness (QED) is 0.505. The van der Waals surface area contributed by atoms with Crippen LogP contribution in [0.3, 0.4) is 0 Å². The van der Waals surface area contributed by atoms with Crippen molar-refractivity contribution in [2.45, 2.75) is 31.3 Å². The zero-order valence-corrected chi connectivity index (χ0v) is 21.3. The number of hydrogen-bond acceptors (Lipinski definition) is 8. The third kappa shape index (κ3) is 4.73. The molecule has 3 aliphatic heterocycles. The zero-order valence-electron chi connectivity index (χ0n) is 21.3. The molecule has 2 N–H and O–H groups in total. The van der Waals surface area contributed by atoms with Crippen LogP contribution in [0.4, 0.5) is 25.8 Å². The Balaban J connectivity index is 1.30. The molecule has 3 aromatic rings. The molecule has 3 aliphatic rings. The van der Waals surface area contributed by atoms with E-state index >= 15 is 0 Å². The van der Waals surface area contributed by atoms with Gasteiger partial charge in [0.25, 0.3) is 12.3 Å². The van der Waals surface area contributed by atoms with E-state index in [2.05, 4.69) is 25.6 Å². The molecule has 2 fully saturated rings. The predicted molar refractivity (Wildman–Crippen MR) is 139 cm³/mol. The van der Waals surface area contributed by atoms with Crippen LogP contribution in [0.1, 0.15) is 28.8 Å². The Kier molecular flexibility index (Phi) is 6.52. The van der Waals surface area contributed by atoms with Crippen molar-refractivity contribution in [3.63, 3.8) is 0 Å². The SMILES string of the molecule is CNc1cnc2c(C(=O)Nc3cc4c(cc3N3CCN(CC(F)F)CC3)OC3(CCOCC3)C4)cnn2c1. The molecule has 0 aliphatic carbocycles. The number of amides is 1. The lowest BCUT2D eigenvalue weighted by atomic mass is 9.89. The first kappa shape index (κ1) is 24.8. The van der Waals surface area contributed by atoms with Gasteiger partial charge in [-0.05, 0) is 6.07 Å². The van der Waals surface area contributed by atoms with Gasteiger partial charge in [0.2, 0.25) is 0 Å². The fraction of sp³-hybridized carbons (Fsp3) is 0.500. The molecule has 0 bridgehead atoms. The van der Waals surface area contributed by atoms with Crippen molar-refractivity contribution in [1.29, 1.82) is 0 Å². The number of carbonyl (C=O) groups is 1. The van der Waals surface area contributed by atoms with Gasteiger partial charge >= 0.3 is 0 Å². The Morgan fingerprint density at radius 2 is 1.95 bits per heavy atom. The van der Waals surface area contributed by atoms with Crippen LogP contribution in [-0.2, 0) is 11.2 Å². The van der Waals surface area contributed by atoms with Crippen LogP contribution in [-0.4, -0.2) is 90.4 Å². The van der Waals surface area contributed by atoms with Gasteiger partial charge in [-0.25, -0.2) is 18.3 Å². The van der Waals surface area contributed by atoms with Gasteiger partial charge < -0.3 is 25.0 Å². The number of anilines is 3. The first-order valence-corrected chi connectivity index (χ1v) is 12.9. The normalized spacial score (nSPS) is 19.1.